The quantitative estimate of drug-likeness (QED) is 0.456. The number of nitrogens with zero attached hydrogens (tertiary/aromatic N) is 2. The summed E-state index contributed by atoms with van der Waals surface area (Å²) < 4.78 is 39.8. The van der Waals surface area contributed by atoms with Crippen molar-refractivity contribution >= 4 is 27.5 Å². The maximum absolute atomic E-state index is 14.8. The summed E-state index contributed by atoms with van der Waals surface area (Å²) in [4.78, 5) is 26.1. The second-order valence-electron chi connectivity index (χ2n) is 8.66. The van der Waals surface area contributed by atoms with Gasteiger partial charge in [0, 0.05) is 25.0 Å². The monoisotopic (exact) mass is 506 g/mol. The highest BCUT2D eigenvalue weighted by atomic mass is 32.3. The summed E-state index contributed by atoms with van der Waals surface area (Å²) in [5.74, 6) is -2.29. The van der Waals surface area contributed by atoms with E-state index in [2.05, 4.69) is 20.8 Å². The van der Waals surface area contributed by atoms with Crippen LogP contribution in [-0.4, -0.2) is 47.9 Å². The van der Waals surface area contributed by atoms with E-state index in [-0.39, 0.29) is 22.9 Å². The Labute approximate surface area is 203 Å². The highest BCUT2D eigenvalue weighted by molar-refractivity contribution is 8.32. The number of benzene rings is 2. The molecule has 2 aromatic carbocycles. The van der Waals surface area contributed by atoms with Crippen LogP contribution in [0.3, 0.4) is 0 Å². The third-order valence-corrected chi connectivity index (χ3v) is 6.64. The molecule has 0 bridgehead atoms. The summed E-state index contributed by atoms with van der Waals surface area (Å²) in [6, 6.07) is 7.66. The molecule has 1 heterocycles. The first kappa shape index (κ1) is 26.3. The normalized spacial score (nSPS) is 12.8. The Bertz CT molecular complexity index is 1210. The van der Waals surface area contributed by atoms with E-state index in [0.717, 1.165) is 17.7 Å². The van der Waals surface area contributed by atoms with Gasteiger partial charge in [0.1, 0.15) is 24.1 Å². The van der Waals surface area contributed by atoms with Gasteiger partial charge in [-0.25, -0.2) is 18.8 Å². The van der Waals surface area contributed by atoms with Gasteiger partial charge in [0.15, 0.2) is 0 Å². The minimum atomic E-state index is -1.53. The van der Waals surface area contributed by atoms with Gasteiger partial charge in [-0.2, -0.15) is 0 Å². The lowest BCUT2D eigenvalue weighted by atomic mass is 10.0. The van der Waals surface area contributed by atoms with Crippen LogP contribution in [0.4, 0.5) is 14.5 Å². The Hall–Kier alpha value is -3.31. The van der Waals surface area contributed by atoms with Gasteiger partial charge in [-0.05, 0) is 36.0 Å². The molecule has 0 fully saturated rings. The van der Waals surface area contributed by atoms with Crippen LogP contribution in [0, 0.1) is 18.6 Å². The number of anilines is 1. The molecule has 3 aromatic rings. The van der Waals surface area contributed by atoms with E-state index >= 15 is 0 Å². The van der Waals surface area contributed by atoms with Gasteiger partial charge in [0.25, 0.3) is 5.91 Å². The van der Waals surface area contributed by atoms with Crippen LogP contribution >= 0.6 is 10.0 Å². The van der Waals surface area contributed by atoms with E-state index in [4.69, 9.17) is 9.15 Å². The average molecular weight is 507 g/mol. The first-order valence-electron chi connectivity index (χ1n) is 10.6. The minimum absolute atomic E-state index is 0.0861. The minimum Gasteiger partial charge on any atom is -0.425 e. The van der Waals surface area contributed by atoms with E-state index < -0.39 is 39.5 Å². The molecule has 0 aliphatic carbocycles. The van der Waals surface area contributed by atoms with Crippen LogP contribution < -0.4 is 10.6 Å². The molecule has 8 nitrogen and oxygen atoms in total. The number of rotatable bonds is 9. The predicted molar refractivity (Wildman–Crippen MR) is 129 cm³/mol. The number of hydrogen-bond donors (Lipinski definition) is 2. The first-order chi connectivity index (χ1) is 16.5. The maximum Gasteiger partial charge on any atom is 0.251 e. The van der Waals surface area contributed by atoms with Crippen molar-refractivity contribution in [2.45, 2.75) is 30.9 Å². The van der Waals surface area contributed by atoms with Gasteiger partial charge < -0.3 is 19.8 Å². The molecule has 188 valence electrons. The summed E-state index contributed by atoms with van der Waals surface area (Å²) in [6.45, 7) is 1.96. The summed E-state index contributed by atoms with van der Waals surface area (Å²) in [5, 5.41) is 12.5. The van der Waals surface area contributed by atoms with E-state index in [9.17, 15) is 18.4 Å². The lowest BCUT2D eigenvalue weighted by molar-refractivity contribution is -0.126. The predicted octanol–water partition coefficient (Wildman–Crippen LogP) is 3.89. The Kier molecular flexibility index (Phi) is 8.23. The molecule has 0 aliphatic rings. The fraction of sp³-hybridized carbons (Fsp3) is 0.333. The third-order valence-electron chi connectivity index (χ3n) is 5.01. The molecular formula is C24H28F2N4O4S. The molecule has 0 aliphatic heterocycles. The van der Waals surface area contributed by atoms with Crippen LogP contribution in [-0.2, 0) is 27.4 Å². The van der Waals surface area contributed by atoms with Crippen LogP contribution in [0.1, 0.15) is 29.0 Å². The molecule has 0 saturated heterocycles. The van der Waals surface area contributed by atoms with Gasteiger partial charge in [-0.1, -0.05) is 24.3 Å². The van der Waals surface area contributed by atoms with Crippen molar-refractivity contribution < 1.29 is 27.5 Å². The second kappa shape index (κ2) is 11.0. The molecule has 0 unspecified atom stereocenters. The van der Waals surface area contributed by atoms with Crippen molar-refractivity contribution in [1.29, 1.82) is 0 Å². The first-order valence-corrected chi connectivity index (χ1v) is 13.5. The zero-order chi connectivity index (χ0) is 25.8. The fourth-order valence-electron chi connectivity index (χ4n) is 3.33. The molecule has 11 heteroatoms. The largest absolute Gasteiger partial charge is 0.425 e. The van der Waals surface area contributed by atoms with Crippen LogP contribution in [0.25, 0.3) is 0 Å². The zero-order valence-electron chi connectivity index (χ0n) is 20.1. The molecular weight excluding hydrogens is 478 g/mol. The maximum atomic E-state index is 14.8. The number of halogens is 2. The van der Waals surface area contributed by atoms with Gasteiger partial charge >= 0.3 is 0 Å². The van der Waals surface area contributed by atoms with Crippen molar-refractivity contribution in [2.75, 3.05) is 31.2 Å². The molecule has 0 saturated carbocycles. The SMILES string of the molecule is COCc1ccc([C@@H](NC(=O)Cc2nnc(C)o2)C(=O)Nc2cc(F)c(S(C)(C)C)cc2F)cc1. The van der Waals surface area contributed by atoms with E-state index in [1.54, 1.807) is 38.3 Å². The van der Waals surface area contributed by atoms with Gasteiger partial charge in [0.2, 0.25) is 17.7 Å². The summed E-state index contributed by atoms with van der Waals surface area (Å²) >= 11 is 0. The fourth-order valence-corrected chi connectivity index (χ4v) is 4.43. The number of hydrogen-bond acceptors (Lipinski definition) is 6. The molecule has 1 aromatic heterocycles. The molecule has 0 radical (unpaired) electrons. The average Bonchev–Trinajstić information content (AvgIpc) is 3.18. The van der Waals surface area contributed by atoms with Gasteiger partial charge in [-0.3, -0.25) is 9.59 Å². The van der Waals surface area contributed by atoms with Crippen molar-refractivity contribution in [1.82, 2.24) is 15.5 Å². The molecule has 1 atom stereocenters. The van der Waals surface area contributed by atoms with Gasteiger partial charge in [0.05, 0.1) is 12.3 Å². The Morgan fingerprint density at radius 1 is 1.09 bits per heavy atom. The van der Waals surface area contributed by atoms with Crippen molar-refractivity contribution in [2.24, 2.45) is 0 Å². The topological polar surface area (TPSA) is 106 Å². The van der Waals surface area contributed by atoms with Crippen molar-refractivity contribution in [3.63, 3.8) is 0 Å². The van der Waals surface area contributed by atoms with E-state index in [1.165, 1.54) is 0 Å². The molecule has 35 heavy (non-hydrogen) atoms. The highest BCUT2D eigenvalue weighted by Gasteiger charge is 2.26. The lowest BCUT2D eigenvalue weighted by Crippen LogP contribution is -2.38. The zero-order valence-corrected chi connectivity index (χ0v) is 21.0. The molecule has 3 rings (SSSR count). The Morgan fingerprint density at radius 3 is 2.34 bits per heavy atom. The second-order valence-corrected chi connectivity index (χ2v) is 12.8. The standard InChI is InChI=1S/C24H28F2N4O4S/c1-14-29-30-22(34-14)12-21(31)28-23(16-8-6-15(7-9-16)13-33-2)24(32)27-19-10-18(26)20(11-17(19)25)35(3,4)5/h6-11,23H,12-13H2,1-5H3,(H,27,32)(H,28,31)/t23-/m1/s1. The summed E-state index contributed by atoms with van der Waals surface area (Å²) in [5.41, 5.74) is 0.980. The number of carbonyl (C=O) groups excluding carboxylic acids is 2. The van der Waals surface area contributed by atoms with Crippen molar-refractivity contribution in [3.05, 3.63) is 70.9 Å². The lowest BCUT2D eigenvalue weighted by Gasteiger charge is -2.27. The Morgan fingerprint density at radius 2 is 1.77 bits per heavy atom. The van der Waals surface area contributed by atoms with Crippen LogP contribution in [0.15, 0.2) is 45.7 Å². The smallest absolute Gasteiger partial charge is 0.251 e. The Balaban J connectivity index is 1.86. The highest BCUT2D eigenvalue weighted by Crippen LogP contribution is 2.47. The number of amides is 2. The summed E-state index contributed by atoms with van der Waals surface area (Å²) in [7, 11) is 0.0310. The number of aryl methyl sites for hydroxylation is 1. The van der Waals surface area contributed by atoms with Gasteiger partial charge in [-0.15, -0.1) is 10.2 Å². The van der Waals surface area contributed by atoms with E-state index in [0.29, 0.717) is 18.1 Å². The number of carbonyl (C=O) groups is 2. The molecule has 2 amide bonds. The van der Waals surface area contributed by atoms with Crippen LogP contribution in [0.5, 0.6) is 0 Å². The molecule has 0 spiro atoms. The van der Waals surface area contributed by atoms with Crippen LogP contribution in [0.2, 0.25) is 0 Å². The third kappa shape index (κ3) is 6.86. The summed E-state index contributed by atoms with van der Waals surface area (Å²) in [6.07, 6.45) is 5.27. The molecule has 2 N–H and O–H groups in total. The number of methoxy groups -OCH3 is 1. The van der Waals surface area contributed by atoms with Crippen molar-refractivity contribution in [3.8, 4) is 0 Å². The number of aromatic nitrogens is 2. The number of nitrogens with one attached hydrogen (secondary N) is 2. The number of ether oxygens (including phenoxy) is 1. The van der Waals surface area contributed by atoms with E-state index in [1.807, 2.05) is 18.8 Å².